The minimum atomic E-state index is 0.807. The van der Waals surface area contributed by atoms with Crippen molar-refractivity contribution >= 4 is 17.3 Å². The molecule has 3 heteroatoms. The third-order valence-electron chi connectivity index (χ3n) is 3.22. The average molecular weight is 228 g/mol. The molecule has 2 atom stereocenters. The van der Waals surface area contributed by atoms with Crippen LogP contribution >= 0.6 is 12.2 Å². The number of thiocarbonyl (C=S) groups is 1. The van der Waals surface area contributed by atoms with E-state index < -0.39 is 0 Å². The first-order valence-corrected chi connectivity index (χ1v) is 6.65. The van der Waals surface area contributed by atoms with Crippen molar-refractivity contribution in [2.75, 3.05) is 13.1 Å². The van der Waals surface area contributed by atoms with E-state index >= 15 is 0 Å². The Hall–Kier alpha value is -0.310. The first-order valence-electron chi connectivity index (χ1n) is 6.24. The summed E-state index contributed by atoms with van der Waals surface area (Å²) in [5.41, 5.74) is 0. The Labute approximate surface area is 99.2 Å². The van der Waals surface area contributed by atoms with E-state index in [1.54, 1.807) is 0 Å². The molecule has 0 aromatic carbocycles. The van der Waals surface area contributed by atoms with Gasteiger partial charge >= 0.3 is 0 Å². The lowest BCUT2D eigenvalue weighted by molar-refractivity contribution is 0.270. The Balaban J connectivity index is 2.06. The fourth-order valence-corrected chi connectivity index (χ4v) is 2.68. The molecule has 1 aliphatic carbocycles. The van der Waals surface area contributed by atoms with Gasteiger partial charge in [-0.1, -0.05) is 26.2 Å². The molecule has 0 heterocycles. The molecule has 0 saturated heterocycles. The lowest BCUT2D eigenvalue weighted by Crippen LogP contribution is -2.36. The van der Waals surface area contributed by atoms with Gasteiger partial charge in [0.15, 0.2) is 5.11 Å². The van der Waals surface area contributed by atoms with Gasteiger partial charge in [-0.25, -0.2) is 0 Å². The van der Waals surface area contributed by atoms with Crippen LogP contribution in [0.5, 0.6) is 0 Å². The van der Waals surface area contributed by atoms with Gasteiger partial charge in [0, 0.05) is 13.1 Å². The maximum Gasteiger partial charge on any atom is 0.166 e. The van der Waals surface area contributed by atoms with Gasteiger partial charge in [-0.2, -0.15) is 0 Å². The molecular formula is C12H24N2S. The molecule has 2 nitrogen and oxygen atoms in total. The van der Waals surface area contributed by atoms with Gasteiger partial charge < -0.3 is 10.6 Å². The van der Waals surface area contributed by atoms with Gasteiger partial charge in [0.1, 0.15) is 0 Å². The highest BCUT2D eigenvalue weighted by Crippen LogP contribution is 2.30. The highest BCUT2D eigenvalue weighted by atomic mass is 32.1. The van der Waals surface area contributed by atoms with Gasteiger partial charge in [0.05, 0.1) is 0 Å². The maximum atomic E-state index is 5.12. The van der Waals surface area contributed by atoms with Crippen molar-refractivity contribution in [1.29, 1.82) is 0 Å². The van der Waals surface area contributed by atoms with Crippen molar-refractivity contribution in [2.24, 2.45) is 11.8 Å². The average Bonchev–Trinajstić information content (AvgIpc) is 2.18. The van der Waals surface area contributed by atoms with Gasteiger partial charge in [-0.05, 0) is 43.8 Å². The standard InChI is InChI=1S/C12H24N2S/c1-3-13-12(15)14-8-7-11-6-4-5-10(2)9-11/h10-11H,3-9H2,1-2H3,(H2,13,14,15). The maximum absolute atomic E-state index is 5.12. The Bertz CT molecular complexity index is 194. The van der Waals surface area contributed by atoms with Gasteiger partial charge in [-0.3, -0.25) is 0 Å². The summed E-state index contributed by atoms with van der Waals surface area (Å²) < 4.78 is 0. The normalized spacial score (nSPS) is 26.0. The molecule has 2 unspecified atom stereocenters. The molecule has 0 spiro atoms. The third kappa shape index (κ3) is 5.36. The largest absolute Gasteiger partial charge is 0.363 e. The first-order chi connectivity index (χ1) is 7.22. The molecule has 1 saturated carbocycles. The van der Waals surface area contributed by atoms with Crippen LogP contribution in [0.2, 0.25) is 0 Å². The van der Waals surface area contributed by atoms with E-state index in [1.807, 2.05) is 0 Å². The zero-order valence-corrected chi connectivity index (χ0v) is 10.8. The van der Waals surface area contributed by atoms with Crippen LogP contribution < -0.4 is 10.6 Å². The van der Waals surface area contributed by atoms with Crippen LogP contribution in [0.25, 0.3) is 0 Å². The van der Waals surface area contributed by atoms with Crippen molar-refractivity contribution in [1.82, 2.24) is 10.6 Å². The minimum Gasteiger partial charge on any atom is -0.363 e. The lowest BCUT2D eigenvalue weighted by atomic mass is 9.81. The topological polar surface area (TPSA) is 24.1 Å². The molecule has 0 aliphatic heterocycles. The van der Waals surface area contributed by atoms with Crippen molar-refractivity contribution in [3.05, 3.63) is 0 Å². The number of hydrogen-bond donors (Lipinski definition) is 2. The lowest BCUT2D eigenvalue weighted by Gasteiger charge is -2.26. The van der Waals surface area contributed by atoms with Crippen molar-refractivity contribution < 1.29 is 0 Å². The van der Waals surface area contributed by atoms with Crippen LogP contribution in [0.1, 0.15) is 46.0 Å². The van der Waals surface area contributed by atoms with E-state index in [1.165, 1.54) is 32.1 Å². The molecule has 2 N–H and O–H groups in total. The summed E-state index contributed by atoms with van der Waals surface area (Å²) in [4.78, 5) is 0. The Morgan fingerprint density at radius 1 is 1.33 bits per heavy atom. The molecular weight excluding hydrogens is 204 g/mol. The van der Waals surface area contributed by atoms with Gasteiger partial charge in [0.25, 0.3) is 0 Å². The van der Waals surface area contributed by atoms with Gasteiger partial charge in [-0.15, -0.1) is 0 Å². The second-order valence-electron chi connectivity index (χ2n) is 4.71. The van der Waals surface area contributed by atoms with Gasteiger partial charge in [0.2, 0.25) is 0 Å². The second-order valence-corrected chi connectivity index (χ2v) is 5.12. The summed E-state index contributed by atoms with van der Waals surface area (Å²) >= 11 is 5.12. The third-order valence-corrected chi connectivity index (χ3v) is 3.51. The smallest absolute Gasteiger partial charge is 0.166 e. The number of nitrogens with one attached hydrogen (secondary N) is 2. The molecule has 1 fully saturated rings. The van der Waals surface area contributed by atoms with Crippen LogP contribution in [0.15, 0.2) is 0 Å². The van der Waals surface area contributed by atoms with Crippen molar-refractivity contribution in [2.45, 2.75) is 46.0 Å². The summed E-state index contributed by atoms with van der Waals surface area (Å²) in [6.07, 6.45) is 6.95. The summed E-state index contributed by atoms with van der Waals surface area (Å²) in [5.74, 6) is 1.86. The van der Waals surface area contributed by atoms with E-state index in [2.05, 4.69) is 24.5 Å². The fraction of sp³-hybridized carbons (Fsp3) is 0.917. The summed E-state index contributed by atoms with van der Waals surface area (Å²) in [6.45, 7) is 6.38. The quantitative estimate of drug-likeness (QED) is 0.724. The van der Waals surface area contributed by atoms with Crippen LogP contribution in [0, 0.1) is 11.8 Å². The van der Waals surface area contributed by atoms with E-state index in [0.717, 1.165) is 30.0 Å². The molecule has 1 rings (SSSR count). The highest BCUT2D eigenvalue weighted by molar-refractivity contribution is 7.80. The number of hydrogen-bond acceptors (Lipinski definition) is 1. The summed E-state index contributed by atoms with van der Waals surface area (Å²) in [6, 6.07) is 0. The molecule has 0 aromatic heterocycles. The van der Waals surface area contributed by atoms with E-state index in [-0.39, 0.29) is 0 Å². The molecule has 88 valence electrons. The first kappa shape index (κ1) is 12.8. The van der Waals surface area contributed by atoms with Crippen LogP contribution in [0.4, 0.5) is 0 Å². The molecule has 0 radical (unpaired) electrons. The van der Waals surface area contributed by atoms with E-state index in [0.29, 0.717) is 0 Å². The Morgan fingerprint density at radius 3 is 2.80 bits per heavy atom. The zero-order valence-electron chi connectivity index (χ0n) is 10.0. The second kappa shape index (κ2) is 7.04. The highest BCUT2D eigenvalue weighted by Gasteiger charge is 2.18. The van der Waals surface area contributed by atoms with Crippen molar-refractivity contribution in [3.8, 4) is 0 Å². The van der Waals surface area contributed by atoms with E-state index in [4.69, 9.17) is 12.2 Å². The zero-order chi connectivity index (χ0) is 11.1. The predicted molar refractivity (Wildman–Crippen MR) is 70.0 cm³/mol. The molecule has 15 heavy (non-hydrogen) atoms. The van der Waals surface area contributed by atoms with Crippen LogP contribution in [0.3, 0.4) is 0 Å². The summed E-state index contributed by atoms with van der Waals surface area (Å²) in [7, 11) is 0. The summed E-state index contributed by atoms with van der Waals surface area (Å²) in [5, 5.41) is 7.19. The number of rotatable bonds is 4. The molecule has 1 aliphatic rings. The van der Waals surface area contributed by atoms with Crippen LogP contribution in [-0.2, 0) is 0 Å². The molecule has 0 aromatic rings. The Morgan fingerprint density at radius 2 is 2.13 bits per heavy atom. The fourth-order valence-electron chi connectivity index (χ4n) is 2.43. The minimum absolute atomic E-state index is 0.807. The monoisotopic (exact) mass is 228 g/mol. The molecule has 0 amide bonds. The molecule has 0 bridgehead atoms. The van der Waals surface area contributed by atoms with Crippen LogP contribution in [-0.4, -0.2) is 18.2 Å². The Kier molecular flexibility index (Phi) is 5.99. The van der Waals surface area contributed by atoms with Crippen molar-refractivity contribution in [3.63, 3.8) is 0 Å². The van der Waals surface area contributed by atoms with E-state index in [9.17, 15) is 0 Å². The SMILES string of the molecule is CCNC(=S)NCCC1CCCC(C)C1. The predicted octanol–water partition coefficient (Wildman–Crippen LogP) is 2.69.